The lowest BCUT2D eigenvalue weighted by Gasteiger charge is -2.26. The van der Waals surface area contributed by atoms with Crippen LogP contribution in [0.2, 0.25) is 0 Å². The Labute approximate surface area is 74.5 Å². The molecule has 2 N–H and O–H groups in total. The SMILES string of the molecule is CC(=O)C1CCC(CCN)CC1. The van der Waals surface area contributed by atoms with Crippen LogP contribution in [-0.2, 0) is 4.79 Å². The molecular weight excluding hydrogens is 150 g/mol. The monoisotopic (exact) mass is 169 g/mol. The van der Waals surface area contributed by atoms with Gasteiger partial charge in [0.05, 0.1) is 0 Å². The molecular formula is C10H19NO. The van der Waals surface area contributed by atoms with E-state index in [-0.39, 0.29) is 0 Å². The molecule has 0 bridgehead atoms. The number of Topliss-reactive ketones (excluding diaryl/α,β-unsaturated/α-hetero) is 1. The standard InChI is InChI=1S/C10H19NO/c1-8(12)10-4-2-9(3-5-10)6-7-11/h9-10H,2-7,11H2,1H3. The average molecular weight is 169 g/mol. The summed E-state index contributed by atoms with van der Waals surface area (Å²) in [5, 5.41) is 0. The third-order valence-corrected chi connectivity index (χ3v) is 3.00. The Morgan fingerprint density at radius 1 is 1.33 bits per heavy atom. The summed E-state index contributed by atoms with van der Waals surface area (Å²) in [5.41, 5.74) is 5.49. The second-order valence-corrected chi connectivity index (χ2v) is 3.91. The molecule has 1 saturated carbocycles. The number of hydrogen-bond donors (Lipinski definition) is 1. The molecule has 0 aromatic rings. The molecule has 0 saturated heterocycles. The maximum absolute atomic E-state index is 11.0. The topological polar surface area (TPSA) is 43.1 Å². The Morgan fingerprint density at radius 2 is 1.92 bits per heavy atom. The van der Waals surface area contributed by atoms with Crippen molar-refractivity contribution in [2.75, 3.05) is 6.54 Å². The Kier molecular flexibility index (Phi) is 3.73. The van der Waals surface area contributed by atoms with Crippen LogP contribution in [0.3, 0.4) is 0 Å². The molecule has 12 heavy (non-hydrogen) atoms. The van der Waals surface area contributed by atoms with Gasteiger partial charge in [-0.3, -0.25) is 4.79 Å². The molecule has 0 spiro atoms. The van der Waals surface area contributed by atoms with E-state index in [1.54, 1.807) is 6.92 Å². The molecule has 2 heteroatoms. The predicted octanol–water partition coefficient (Wildman–Crippen LogP) is 1.73. The summed E-state index contributed by atoms with van der Waals surface area (Å²) >= 11 is 0. The van der Waals surface area contributed by atoms with Gasteiger partial charge >= 0.3 is 0 Å². The lowest BCUT2D eigenvalue weighted by molar-refractivity contribution is -0.121. The normalized spacial score (nSPS) is 30.2. The van der Waals surface area contributed by atoms with Gasteiger partial charge in [0.1, 0.15) is 5.78 Å². The molecule has 0 aromatic heterocycles. The van der Waals surface area contributed by atoms with Gasteiger partial charge in [0.25, 0.3) is 0 Å². The van der Waals surface area contributed by atoms with Gasteiger partial charge in [0.2, 0.25) is 0 Å². The molecule has 0 aromatic carbocycles. The Bertz CT molecular complexity index is 148. The van der Waals surface area contributed by atoms with Crippen molar-refractivity contribution in [1.82, 2.24) is 0 Å². The van der Waals surface area contributed by atoms with Crippen molar-refractivity contribution in [1.29, 1.82) is 0 Å². The molecule has 0 unspecified atom stereocenters. The number of nitrogens with two attached hydrogens (primary N) is 1. The van der Waals surface area contributed by atoms with Crippen molar-refractivity contribution in [3.8, 4) is 0 Å². The number of carbonyl (C=O) groups excluding carboxylic acids is 1. The maximum atomic E-state index is 11.0. The number of hydrogen-bond acceptors (Lipinski definition) is 2. The second-order valence-electron chi connectivity index (χ2n) is 3.91. The first-order chi connectivity index (χ1) is 5.74. The van der Waals surface area contributed by atoms with E-state index in [0.29, 0.717) is 11.7 Å². The van der Waals surface area contributed by atoms with E-state index in [1.807, 2.05) is 0 Å². The highest BCUT2D eigenvalue weighted by Gasteiger charge is 2.22. The van der Waals surface area contributed by atoms with Gasteiger partial charge < -0.3 is 5.73 Å². The molecule has 70 valence electrons. The molecule has 0 aliphatic heterocycles. The van der Waals surface area contributed by atoms with Crippen LogP contribution in [0.15, 0.2) is 0 Å². The van der Waals surface area contributed by atoms with Crippen molar-refractivity contribution in [2.24, 2.45) is 17.6 Å². The van der Waals surface area contributed by atoms with Crippen LogP contribution in [0.4, 0.5) is 0 Å². The van der Waals surface area contributed by atoms with E-state index in [9.17, 15) is 4.79 Å². The molecule has 0 radical (unpaired) electrons. The zero-order valence-electron chi connectivity index (χ0n) is 7.88. The zero-order valence-corrected chi connectivity index (χ0v) is 7.88. The highest BCUT2D eigenvalue weighted by atomic mass is 16.1. The van der Waals surface area contributed by atoms with Crippen LogP contribution in [0.25, 0.3) is 0 Å². The first kappa shape index (κ1) is 9.72. The molecule has 1 aliphatic rings. The van der Waals surface area contributed by atoms with E-state index < -0.39 is 0 Å². The smallest absolute Gasteiger partial charge is 0.132 e. The van der Waals surface area contributed by atoms with Gasteiger partial charge in [-0.15, -0.1) is 0 Å². The second kappa shape index (κ2) is 4.61. The molecule has 1 rings (SSSR count). The quantitative estimate of drug-likeness (QED) is 0.699. The van der Waals surface area contributed by atoms with E-state index in [1.165, 1.54) is 12.8 Å². The van der Waals surface area contributed by atoms with Crippen LogP contribution >= 0.6 is 0 Å². The predicted molar refractivity (Wildman–Crippen MR) is 49.8 cm³/mol. The van der Waals surface area contributed by atoms with E-state index in [4.69, 9.17) is 5.73 Å². The lowest BCUT2D eigenvalue weighted by Crippen LogP contribution is -2.21. The Balaban J connectivity index is 2.25. The van der Waals surface area contributed by atoms with E-state index in [2.05, 4.69) is 0 Å². The summed E-state index contributed by atoms with van der Waals surface area (Å²) in [6.07, 6.45) is 5.76. The van der Waals surface area contributed by atoms with Gasteiger partial charge in [-0.1, -0.05) is 0 Å². The van der Waals surface area contributed by atoms with Crippen LogP contribution in [0.5, 0.6) is 0 Å². The molecule has 0 amide bonds. The Morgan fingerprint density at radius 3 is 2.33 bits per heavy atom. The van der Waals surface area contributed by atoms with Crippen molar-refractivity contribution in [3.63, 3.8) is 0 Å². The van der Waals surface area contributed by atoms with Crippen LogP contribution in [-0.4, -0.2) is 12.3 Å². The zero-order chi connectivity index (χ0) is 8.97. The van der Waals surface area contributed by atoms with Crippen LogP contribution < -0.4 is 5.73 Å². The van der Waals surface area contributed by atoms with Crippen molar-refractivity contribution in [2.45, 2.75) is 39.0 Å². The highest BCUT2D eigenvalue weighted by Crippen LogP contribution is 2.30. The fourth-order valence-electron chi connectivity index (χ4n) is 2.09. The molecule has 0 heterocycles. The summed E-state index contributed by atoms with van der Waals surface area (Å²) in [7, 11) is 0. The third-order valence-electron chi connectivity index (χ3n) is 3.00. The minimum absolute atomic E-state index is 0.360. The number of carbonyl (C=O) groups is 1. The molecule has 1 fully saturated rings. The van der Waals surface area contributed by atoms with Gasteiger partial charge in [-0.2, -0.15) is 0 Å². The fourth-order valence-corrected chi connectivity index (χ4v) is 2.09. The van der Waals surface area contributed by atoms with Crippen molar-refractivity contribution < 1.29 is 4.79 Å². The van der Waals surface area contributed by atoms with Crippen molar-refractivity contribution in [3.05, 3.63) is 0 Å². The Hall–Kier alpha value is -0.370. The van der Waals surface area contributed by atoms with Crippen molar-refractivity contribution >= 4 is 5.78 Å². The first-order valence-electron chi connectivity index (χ1n) is 4.94. The van der Waals surface area contributed by atoms with Gasteiger partial charge in [-0.25, -0.2) is 0 Å². The minimum Gasteiger partial charge on any atom is -0.330 e. The van der Waals surface area contributed by atoms with Crippen LogP contribution in [0.1, 0.15) is 39.0 Å². The largest absolute Gasteiger partial charge is 0.330 e. The number of ketones is 1. The van der Waals surface area contributed by atoms with Crippen LogP contribution in [0, 0.1) is 11.8 Å². The first-order valence-corrected chi connectivity index (χ1v) is 4.94. The summed E-state index contributed by atoms with van der Waals surface area (Å²) in [4.78, 5) is 11.0. The highest BCUT2D eigenvalue weighted by molar-refractivity contribution is 5.78. The van der Waals surface area contributed by atoms with E-state index in [0.717, 1.165) is 31.7 Å². The maximum Gasteiger partial charge on any atom is 0.132 e. The fraction of sp³-hybridized carbons (Fsp3) is 0.900. The van der Waals surface area contributed by atoms with E-state index >= 15 is 0 Å². The number of rotatable bonds is 3. The van der Waals surface area contributed by atoms with Gasteiger partial charge in [0.15, 0.2) is 0 Å². The van der Waals surface area contributed by atoms with Gasteiger partial charge in [-0.05, 0) is 51.5 Å². The molecule has 2 nitrogen and oxygen atoms in total. The average Bonchev–Trinajstić information content (AvgIpc) is 2.06. The summed E-state index contributed by atoms with van der Waals surface area (Å²) < 4.78 is 0. The lowest BCUT2D eigenvalue weighted by atomic mass is 9.79. The van der Waals surface area contributed by atoms with Gasteiger partial charge in [0, 0.05) is 5.92 Å². The summed E-state index contributed by atoms with van der Waals surface area (Å²) in [6, 6.07) is 0. The third kappa shape index (κ3) is 2.59. The summed E-state index contributed by atoms with van der Waals surface area (Å²) in [6.45, 7) is 2.52. The minimum atomic E-state index is 0.360. The molecule has 1 aliphatic carbocycles. The summed E-state index contributed by atoms with van der Waals surface area (Å²) in [5.74, 6) is 1.53. The molecule has 0 atom stereocenters.